The molecular weight excluding hydrogens is 300 g/mol. The minimum atomic E-state index is -0.223. The molecule has 0 N–H and O–H groups in total. The van der Waals surface area contributed by atoms with E-state index >= 15 is 0 Å². The summed E-state index contributed by atoms with van der Waals surface area (Å²) in [6.07, 6.45) is 4.18. The van der Waals surface area contributed by atoms with Gasteiger partial charge in [0.25, 0.3) is 0 Å². The fraction of sp³-hybridized carbons (Fsp3) is 0.600. The van der Waals surface area contributed by atoms with E-state index in [1.807, 2.05) is 16.7 Å². The van der Waals surface area contributed by atoms with Crippen LogP contribution in [0.3, 0.4) is 0 Å². The van der Waals surface area contributed by atoms with Gasteiger partial charge in [0.05, 0.1) is 0 Å². The molecule has 24 heavy (non-hydrogen) atoms. The van der Waals surface area contributed by atoms with Crippen LogP contribution in [-0.4, -0.2) is 47.3 Å². The number of aryl methyl sites for hydroxylation is 1. The van der Waals surface area contributed by atoms with Crippen LogP contribution in [0.25, 0.3) is 0 Å². The number of likely N-dealkylation sites (tertiary alicyclic amines) is 2. The molecule has 2 fully saturated rings. The molecule has 0 aromatic heterocycles. The summed E-state index contributed by atoms with van der Waals surface area (Å²) < 4.78 is 0. The highest BCUT2D eigenvalue weighted by Crippen LogP contribution is 2.31. The van der Waals surface area contributed by atoms with Gasteiger partial charge >= 0.3 is 0 Å². The molecule has 1 aromatic rings. The third kappa shape index (κ3) is 3.33. The van der Waals surface area contributed by atoms with Gasteiger partial charge < -0.3 is 9.80 Å². The molecule has 2 atom stereocenters. The van der Waals surface area contributed by atoms with Crippen LogP contribution in [0.15, 0.2) is 24.3 Å². The largest absolute Gasteiger partial charge is 0.340 e. The van der Waals surface area contributed by atoms with Crippen molar-refractivity contribution in [2.45, 2.75) is 57.9 Å². The molecule has 2 heterocycles. The Kier molecular flexibility index (Phi) is 5.22. The zero-order chi connectivity index (χ0) is 17.1. The summed E-state index contributed by atoms with van der Waals surface area (Å²) in [4.78, 5) is 29.0. The number of nitrogens with zero attached hydrogens (tertiary/aromatic N) is 2. The predicted molar refractivity (Wildman–Crippen MR) is 94.8 cm³/mol. The molecule has 0 aliphatic carbocycles. The van der Waals surface area contributed by atoms with Crippen molar-refractivity contribution < 1.29 is 9.59 Å². The summed E-state index contributed by atoms with van der Waals surface area (Å²) in [5.41, 5.74) is 2.66. The maximum atomic E-state index is 13.0. The van der Waals surface area contributed by atoms with Crippen molar-refractivity contribution in [3.63, 3.8) is 0 Å². The molecule has 2 amide bonds. The van der Waals surface area contributed by atoms with Gasteiger partial charge in [0, 0.05) is 32.0 Å². The van der Waals surface area contributed by atoms with E-state index in [1.165, 1.54) is 11.1 Å². The molecule has 0 saturated carbocycles. The van der Waals surface area contributed by atoms with Gasteiger partial charge in [0.1, 0.15) is 6.04 Å². The normalized spacial score (nSPS) is 23.8. The lowest BCUT2D eigenvalue weighted by molar-refractivity contribution is -0.143. The molecular formula is C20H28N2O2. The second-order valence-electron chi connectivity index (χ2n) is 7.12. The van der Waals surface area contributed by atoms with Crippen molar-refractivity contribution in [1.82, 2.24) is 9.80 Å². The monoisotopic (exact) mass is 328 g/mol. The molecule has 3 rings (SSSR count). The van der Waals surface area contributed by atoms with Crippen molar-refractivity contribution in [2.24, 2.45) is 0 Å². The Morgan fingerprint density at radius 3 is 2.71 bits per heavy atom. The van der Waals surface area contributed by atoms with Crippen molar-refractivity contribution >= 4 is 11.8 Å². The average molecular weight is 328 g/mol. The molecule has 2 saturated heterocycles. The summed E-state index contributed by atoms with van der Waals surface area (Å²) in [5, 5.41) is 0. The number of carbonyl (C=O) groups is 2. The number of hydrogen-bond donors (Lipinski definition) is 0. The Morgan fingerprint density at radius 1 is 1.17 bits per heavy atom. The van der Waals surface area contributed by atoms with Gasteiger partial charge in [-0.05, 0) is 43.7 Å². The fourth-order valence-corrected chi connectivity index (χ4v) is 4.15. The summed E-state index contributed by atoms with van der Waals surface area (Å²) >= 11 is 0. The van der Waals surface area contributed by atoms with Crippen LogP contribution in [-0.2, 0) is 9.59 Å². The minimum Gasteiger partial charge on any atom is -0.340 e. The topological polar surface area (TPSA) is 40.6 Å². The predicted octanol–water partition coefficient (Wildman–Crippen LogP) is 3.10. The molecule has 4 nitrogen and oxygen atoms in total. The van der Waals surface area contributed by atoms with Gasteiger partial charge in [-0.15, -0.1) is 0 Å². The molecule has 2 aliphatic rings. The Bertz CT molecular complexity index is 613. The van der Waals surface area contributed by atoms with E-state index in [-0.39, 0.29) is 17.9 Å². The molecule has 0 bridgehead atoms. The minimum absolute atomic E-state index is 0.142. The second-order valence-corrected chi connectivity index (χ2v) is 7.12. The van der Waals surface area contributed by atoms with E-state index in [4.69, 9.17) is 0 Å². The van der Waals surface area contributed by atoms with Gasteiger partial charge in [-0.1, -0.05) is 31.2 Å². The van der Waals surface area contributed by atoms with E-state index in [9.17, 15) is 9.59 Å². The molecule has 1 aromatic carbocycles. The van der Waals surface area contributed by atoms with Crippen LogP contribution in [0.5, 0.6) is 0 Å². The Balaban J connectivity index is 1.66. The number of carbonyl (C=O) groups excluding carboxylic acids is 2. The zero-order valence-corrected chi connectivity index (χ0v) is 14.8. The first kappa shape index (κ1) is 17.0. The highest BCUT2D eigenvalue weighted by Gasteiger charge is 2.38. The first-order valence-corrected chi connectivity index (χ1v) is 9.25. The van der Waals surface area contributed by atoms with Crippen LogP contribution in [0.1, 0.15) is 56.1 Å². The number of amides is 2. The van der Waals surface area contributed by atoms with Crippen LogP contribution in [0, 0.1) is 6.92 Å². The molecule has 130 valence electrons. The SMILES string of the molecule is CCCC(=O)N1CCC[C@@H]1C(=O)N1CC[C@H](c2ccccc2C)C1. The van der Waals surface area contributed by atoms with E-state index < -0.39 is 0 Å². The van der Waals surface area contributed by atoms with Gasteiger partial charge in [-0.25, -0.2) is 0 Å². The van der Waals surface area contributed by atoms with Crippen LogP contribution >= 0.6 is 0 Å². The van der Waals surface area contributed by atoms with Crippen molar-refractivity contribution in [3.05, 3.63) is 35.4 Å². The maximum Gasteiger partial charge on any atom is 0.245 e. The van der Waals surface area contributed by atoms with E-state index in [1.54, 1.807) is 0 Å². The number of benzene rings is 1. The lowest BCUT2D eigenvalue weighted by atomic mass is 9.94. The van der Waals surface area contributed by atoms with Crippen LogP contribution in [0.2, 0.25) is 0 Å². The average Bonchev–Trinajstić information content (AvgIpc) is 3.24. The van der Waals surface area contributed by atoms with Gasteiger partial charge in [-0.2, -0.15) is 0 Å². The summed E-state index contributed by atoms with van der Waals surface area (Å²) in [6, 6.07) is 8.24. The molecule has 0 radical (unpaired) electrons. The first-order valence-electron chi connectivity index (χ1n) is 9.25. The zero-order valence-electron chi connectivity index (χ0n) is 14.8. The van der Waals surface area contributed by atoms with E-state index in [0.717, 1.165) is 45.3 Å². The van der Waals surface area contributed by atoms with Gasteiger partial charge in [0.2, 0.25) is 11.8 Å². The fourth-order valence-electron chi connectivity index (χ4n) is 4.15. The van der Waals surface area contributed by atoms with Gasteiger partial charge in [0.15, 0.2) is 0 Å². The highest BCUT2D eigenvalue weighted by atomic mass is 16.2. The summed E-state index contributed by atoms with van der Waals surface area (Å²) in [6.45, 7) is 6.49. The van der Waals surface area contributed by atoms with Crippen molar-refractivity contribution in [2.75, 3.05) is 19.6 Å². The molecule has 2 aliphatic heterocycles. The lowest BCUT2D eigenvalue weighted by Crippen LogP contribution is -2.47. The smallest absolute Gasteiger partial charge is 0.245 e. The van der Waals surface area contributed by atoms with E-state index in [2.05, 4.69) is 31.2 Å². The van der Waals surface area contributed by atoms with E-state index in [0.29, 0.717) is 12.3 Å². The number of rotatable bonds is 4. The molecule has 0 spiro atoms. The molecule has 4 heteroatoms. The van der Waals surface area contributed by atoms with Crippen LogP contribution < -0.4 is 0 Å². The van der Waals surface area contributed by atoms with Crippen LogP contribution in [0.4, 0.5) is 0 Å². The third-order valence-corrected chi connectivity index (χ3v) is 5.45. The number of hydrogen-bond acceptors (Lipinski definition) is 2. The maximum absolute atomic E-state index is 13.0. The Labute approximate surface area is 144 Å². The van der Waals surface area contributed by atoms with Crippen molar-refractivity contribution in [3.8, 4) is 0 Å². The third-order valence-electron chi connectivity index (χ3n) is 5.45. The highest BCUT2D eigenvalue weighted by molar-refractivity contribution is 5.88. The standard InChI is InChI=1S/C20H28N2O2/c1-3-7-19(23)22-12-6-10-18(22)20(24)21-13-11-16(14-21)17-9-5-4-8-15(17)2/h4-5,8-9,16,18H,3,6-7,10-14H2,1-2H3/t16-,18+/m0/s1. The first-order chi connectivity index (χ1) is 11.6. The Hall–Kier alpha value is -1.84. The molecule has 0 unspecified atom stereocenters. The van der Waals surface area contributed by atoms with Crippen molar-refractivity contribution in [1.29, 1.82) is 0 Å². The van der Waals surface area contributed by atoms with Gasteiger partial charge in [-0.3, -0.25) is 9.59 Å². The summed E-state index contributed by atoms with van der Waals surface area (Å²) in [5.74, 6) is 0.729. The Morgan fingerprint density at radius 2 is 1.96 bits per heavy atom. The second kappa shape index (κ2) is 7.37. The lowest BCUT2D eigenvalue weighted by Gasteiger charge is -2.28. The quantitative estimate of drug-likeness (QED) is 0.852. The summed E-state index contributed by atoms with van der Waals surface area (Å²) in [7, 11) is 0.